The van der Waals surface area contributed by atoms with Gasteiger partial charge in [-0.2, -0.15) is 0 Å². The number of nitrogens with one attached hydrogen (secondary N) is 1. The predicted octanol–water partition coefficient (Wildman–Crippen LogP) is 3.10. The van der Waals surface area contributed by atoms with E-state index in [9.17, 15) is 9.46 Å². The van der Waals surface area contributed by atoms with Gasteiger partial charge in [0.05, 0.1) is 12.0 Å². The fraction of sp³-hybridized carbons (Fsp3) is 0.391. The van der Waals surface area contributed by atoms with E-state index in [1.54, 1.807) is 24.9 Å². The molecule has 1 N–H and O–H groups in total. The molecule has 8 heteroatoms. The summed E-state index contributed by atoms with van der Waals surface area (Å²) in [6, 6.07) is 13.4. The Balaban J connectivity index is 0.00000341. The number of ether oxygens (including phenoxy) is 1. The molecule has 2 aromatic carbocycles. The van der Waals surface area contributed by atoms with Crippen LogP contribution in [0.25, 0.3) is 11.8 Å². The number of fused-ring (bicyclic) bond motifs is 2. The second-order valence-electron chi connectivity index (χ2n) is 7.25. The van der Waals surface area contributed by atoms with Crippen molar-refractivity contribution in [3.05, 3.63) is 53.6 Å². The second-order valence-corrected chi connectivity index (χ2v) is 9.80. The third-order valence-electron chi connectivity index (χ3n) is 4.94. The molecule has 1 atom stereocenters. The Bertz CT molecular complexity index is 938. The van der Waals surface area contributed by atoms with Crippen LogP contribution in [0.1, 0.15) is 56.6 Å². The average Bonchev–Trinajstić information content (AvgIpc) is 2.89. The molecule has 1 aliphatic heterocycles. The van der Waals surface area contributed by atoms with Gasteiger partial charge in [0.25, 0.3) is 7.75 Å². The quantitative estimate of drug-likeness (QED) is 0.310. The van der Waals surface area contributed by atoms with Crippen molar-refractivity contribution in [1.29, 1.82) is 0 Å². The minimum Gasteiger partial charge on any atom is -0.756 e. The largest absolute Gasteiger partial charge is 1.00 e. The van der Waals surface area contributed by atoms with E-state index in [1.807, 2.05) is 42.5 Å². The molecule has 0 spiro atoms. The predicted molar refractivity (Wildman–Crippen MR) is 122 cm³/mol. The zero-order chi connectivity index (χ0) is 21.4. The maximum atomic E-state index is 12.6. The number of benzene rings is 2. The van der Waals surface area contributed by atoms with Crippen LogP contribution in [-0.4, -0.2) is 13.7 Å². The van der Waals surface area contributed by atoms with Crippen molar-refractivity contribution in [2.24, 2.45) is 0 Å². The van der Waals surface area contributed by atoms with Crippen molar-refractivity contribution >= 4 is 31.3 Å². The summed E-state index contributed by atoms with van der Waals surface area (Å²) < 4.78 is 23.7. The fourth-order valence-corrected chi connectivity index (χ4v) is 5.40. The molecule has 0 fully saturated rings. The molecule has 0 saturated carbocycles. The van der Waals surface area contributed by atoms with Gasteiger partial charge in [0.15, 0.2) is 0 Å². The molecule has 2 aromatic rings. The van der Waals surface area contributed by atoms with Crippen LogP contribution >= 0.6 is 19.5 Å². The first-order chi connectivity index (χ1) is 14.5. The number of hydrogen-bond acceptors (Lipinski definition) is 5. The van der Waals surface area contributed by atoms with Crippen molar-refractivity contribution in [1.82, 2.24) is 5.09 Å². The summed E-state index contributed by atoms with van der Waals surface area (Å²) in [5.41, 5.74) is 1.61. The molecule has 1 aliphatic rings. The Morgan fingerprint density at radius 2 is 1.77 bits per heavy atom. The van der Waals surface area contributed by atoms with Crippen LogP contribution in [0.4, 0.5) is 0 Å². The normalized spacial score (nSPS) is 14.2. The third kappa shape index (κ3) is 7.68. The van der Waals surface area contributed by atoms with Crippen LogP contribution in [0.2, 0.25) is 0 Å². The van der Waals surface area contributed by atoms with Crippen LogP contribution in [0.3, 0.4) is 0 Å². The van der Waals surface area contributed by atoms with Crippen molar-refractivity contribution in [2.75, 3.05) is 13.7 Å². The maximum Gasteiger partial charge on any atom is 1.00 e. The summed E-state index contributed by atoms with van der Waals surface area (Å²) in [4.78, 5) is 14.5. The molecule has 0 radical (unpaired) electrons. The second kappa shape index (κ2) is 13.1. The average molecular weight is 470 g/mol. The Kier molecular flexibility index (Phi) is 11.2. The molecule has 31 heavy (non-hydrogen) atoms. The van der Waals surface area contributed by atoms with Gasteiger partial charge in [-0.3, -0.25) is 4.57 Å². The van der Waals surface area contributed by atoms with E-state index >= 15 is 0 Å². The molecule has 0 saturated heterocycles. The van der Waals surface area contributed by atoms with Gasteiger partial charge in [-0.05, 0) is 36.3 Å². The van der Waals surface area contributed by atoms with E-state index < -0.39 is 7.75 Å². The summed E-state index contributed by atoms with van der Waals surface area (Å²) >= 11 is 1.55. The molecule has 0 amide bonds. The Labute approximate surface area is 211 Å². The number of hydrogen-bond donors (Lipinski definition) is 1. The van der Waals surface area contributed by atoms with Crippen LogP contribution in [0.5, 0.6) is 5.75 Å². The van der Waals surface area contributed by atoms with Gasteiger partial charge in [-0.15, -0.1) is 0 Å². The first kappa shape index (κ1) is 26.5. The summed E-state index contributed by atoms with van der Waals surface area (Å²) in [6.07, 6.45) is 8.36. The van der Waals surface area contributed by atoms with E-state index in [-0.39, 0.29) is 29.6 Å². The summed E-state index contributed by atoms with van der Waals surface area (Å²) in [7, 11) is -2.64. The first-order valence-electron chi connectivity index (χ1n) is 10.5. The molecule has 3 rings (SSSR count). The van der Waals surface area contributed by atoms with Crippen LogP contribution < -0.4 is 44.3 Å². The van der Waals surface area contributed by atoms with Crippen LogP contribution in [0, 0.1) is 0 Å². The fourth-order valence-electron chi connectivity index (χ4n) is 3.36. The molecule has 0 aromatic heterocycles. The van der Waals surface area contributed by atoms with E-state index in [1.165, 1.54) is 19.3 Å². The van der Waals surface area contributed by atoms with Crippen molar-refractivity contribution in [2.45, 2.75) is 55.2 Å². The van der Waals surface area contributed by atoms with E-state index in [4.69, 9.17) is 9.26 Å². The molecule has 0 aliphatic carbocycles. The zero-order valence-electron chi connectivity index (χ0n) is 18.6. The SMILES string of the molecule is CCCCCCCCNP(=O)([O-])OC1=Cc2ccccc2Sc2c(OC)cccc21.[Na+]. The zero-order valence-corrected chi connectivity index (χ0v) is 22.3. The molecule has 0 bridgehead atoms. The summed E-state index contributed by atoms with van der Waals surface area (Å²) in [6.45, 7) is 2.57. The molecule has 1 unspecified atom stereocenters. The van der Waals surface area contributed by atoms with Gasteiger partial charge in [-0.25, -0.2) is 5.09 Å². The van der Waals surface area contributed by atoms with Gasteiger partial charge in [-0.1, -0.05) is 75.1 Å². The minimum atomic E-state index is -4.25. The molecular weight excluding hydrogens is 440 g/mol. The first-order valence-corrected chi connectivity index (χ1v) is 12.8. The minimum absolute atomic E-state index is 0. The van der Waals surface area contributed by atoms with Gasteiger partial charge in [0.1, 0.15) is 11.5 Å². The van der Waals surface area contributed by atoms with E-state index in [2.05, 4.69) is 12.0 Å². The van der Waals surface area contributed by atoms with E-state index in [0.29, 0.717) is 23.6 Å². The number of unbranched alkanes of at least 4 members (excludes halogenated alkanes) is 5. The van der Waals surface area contributed by atoms with Gasteiger partial charge >= 0.3 is 29.6 Å². The topological polar surface area (TPSA) is 70.6 Å². The Morgan fingerprint density at radius 1 is 1.03 bits per heavy atom. The third-order valence-corrected chi connectivity index (χ3v) is 7.20. The van der Waals surface area contributed by atoms with Crippen LogP contribution in [-0.2, 0) is 9.09 Å². The monoisotopic (exact) mass is 469 g/mol. The smallest absolute Gasteiger partial charge is 0.756 e. The Hall–Kier alpha value is -0.720. The Morgan fingerprint density at radius 3 is 2.55 bits per heavy atom. The van der Waals surface area contributed by atoms with Gasteiger partial charge in [0.2, 0.25) is 0 Å². The number of rotatable bonds is 11. The summed E-state index contributed by atoms with van der Waals surface area (Å²) in [5, 5.41) is 2.60. The standard InChI is InChI=1S/C23H30NO4PS.Na/c1-3-4-5-6-7-10-16-24-29(25,26)28-21-17-18-12-8-9-15-22(18)30-23-19(21)13-11-14-20(23)27-2;/h8-9,11-15,17H,3-7,10,16H2,1-2H3,(H2,24,25,26);/q;+1/p-1. The van der Waals surface area contributed by atoms with Gasteiger partial charge in [0, 0.05) is 17.0 Å². The molecule has 162 valence electrons. The van der Waals surface area contributed by atoms with Crippen molar-refractivity contribution in [3.63, 3.8) is 0 Å². The molecule has 5 nitrogen and oxygen atoms in total. The van der Waals surface area contributed by atoms with Gasteiger partial charge < -0.3 is 14.2 Å². The van der Waals surface area contributed by atoms with Crippen molar-refractivity contribution < 1.29 is 48.3 Å². The maximum absolute atomic E-state index is 12.6. The van der Waals surface area contributed by atoms with Crippen LogP contribution in [0.15, 0.2) is 52.3 Å². The number of methoxy groups -OCH3 is 1. The van der Waals surface area contributed by atoms with E-state index in [0.717, 1.165) is 34.6 Å². The summed E-state index contributed by atoms with van der Waals surface area (Å²) in [5.74, 6) is 0.986. The molecule has 1 heterocycles. The van der Waals surface area contributed by atoms with Crippen molar-refractivity contribution in [3.8, 4) is 5.75 Å². The molecular formula is C23H29NNaO4PS.